The Bertz CT molecular complexity index is 1210. The van der Waals surface area contributed by atoms with E-state index >= 15 is 0 Å². The highest BCUT2D eigenvalue weighted by molar-refractivity contribution is 6.16. The molecule has 1 N–H and O–H groups in total. The molecule has 3 heterocycles. The number of hydrogen-bond acceptors (Lipinski definition) is 7. The van der Waals surface area contributed by atoms with Crippen LogP contribution in [0.2, 0.25) is 0 Å². The highest BCUT2D eigenvalue weighted by atomic mass is 16.5. The van der Waals surface area contributed by atoms with Crippen LogP contribution in [0.5, 0.6) is 5.75 Å². The van der Waals surface area contributed by atoms with Gasteiger partial charge >= 0.3 is 0 Å². The van der Waals surface area contributed by atoms with Crippen molar-refractivity contribution in [2.45, 2.75) is 6.04 Å². The quantitative estimate of drug-likeness (QED) is 0.539. The molecule has 176 valence electrons. The van der Waals surface area contributed by atoms with Gasteiger partial charge in [0.05, 0.1) is 31.9 Å². The van der Waals surface area contributed by atoms with Crippen LogP contribution in [0.4, 0.5) is 0 Å². The van der Waals surface area contributed by atoms with E-state index in [1.165, 1.54) is 0 Å². The van der Waals surface area contributed by atoms with E-state index in [9.17, 15) is 14.7 Å². The number of aliphatic hydroxyl groups is 1. The molecule has 0 spiro atoms. The van der Waals surface area contributed by atoms with E-state index < -0.39 is 23.5 Å². The van der Waals surface area contributed by atoms with Crippen molar-refractivity contribution in [3.05, 3.63) is 77.3 Å². The van der Waals surface area contributed by atoms with Crippen LogP contribution in [0.1, 0.15) is 22.2 Å². The second-order valence-electron chi connectivity index (χ2n) is 8.37. The predicted octanol–water partition coefficient (Wildman–Crippen LogP) is 3.35. The molecule has 1 fully saturated rings. The Balaban J connectivity index is 1.50. The molecule has 3 aromatic rings. The van der Waals surface area contributed by atoms with Gasteiger partial charge in [-0.05, 0) is 29.8 Å². The molecule has 8 heteroatoms. The second-order valence-corrected chi connectivity index (χ2v) is 8.37. The number of hydrogen-bond donors (Lipinski definition) is 1. The normalized spacial score (nSPS) is 19.3. The van der Waals surface area contributed by atoms with Crippen molar-refractivity contribution in [3.8, 4) is 5.75 Å². The Morgan fingerprint density at radius 3 is 2.53 bits per heavy atom. The summed E-state index contributed by atoms with van der Waals surface area (Å²) >= 11 is 0. The maximum atomic E-state index is 13.6. The molecule has 2 aliphatic rings. The molecule has 1 saturated heterocycles. The summed E-state index contributed by atoms with van der Waals surface area (Å²) in [7, 11) is 1.57. The third-order valence-electron chi connectivity index (χ3n) is 6.39. The van der Waals surface area contributed by atoms with E-state index in [-0.39, 0.29) is 11.3 Å². The molecule has 0 saturated carbocycles. The van der Waals surface area contributed by atoms with Gasteiger partial charge in [-0.2, -0.15) is 0 Å². The van der Waals surface area contributed by atoms with Crippen molar-refractivity contribution < 1.29 is 28.6 Å². The van der Waals surface area contributed by atoms with Crippen LogP contribution in [0.3, 0.4) is 0 Å². The van der Waals surface area contributed by atoms with E-state index in [1.807, 2.05) is 30.3 Å². The molecule has 1 aromatic heterocycles. The molecule has 2 aliphatic heterocycles. The van der Waals surface area contributed by atoms with Gasteiger partial charge < -0.3 is 23.9 Å². The Labute approximate surface area is 197 Å². The van der Waals surface area contributed by atoms with Gasteiger partial charge in [-0.15, -0.1) is 0 Å². The molecule has 8 nitrogen and oxygen atoms in total. The number of benzene rings is 2. The zero-order valence-corrected chi connectivity index (χ0v) is 18.9. The molecule has 2 aromatic carbocycles. The standard InChI is InChI=1S/C26H26N2O6/c1-32-19-8-6-17(7-9-19)23-22(24(29)21-16-18-4-2-3-5-20(18)34-21)25(30)26(31)28(23)11-10-27-12-14-33-15-13-27/h2-9,16,23,30H,10-15H2,1H3/t23-/m0/s1. The van der Waals surface area contributed by atoms with Crippen LogP contribution >= 0.6 is 0 Å². The lowest BCUT2D eigenvalue weighted by Crippen LogP contribution is -2.43. The molecule has 1 amide bonds. The van der Waals surface area contributed by atoms with Crippen LogP contribution < -0.4 is 4.74 Å². The zero-order valence-electron chi connectivity index (χ0n) is 18.9. The van der Waals surface area contributed by atoms with Crippen LogP contribution in [0, 0.1) is 0 Å². The molecule has 34 heavy (non-hydrogen) atoms. The Morgan fingerprint density at radius 1 is 1.09 bits per heavy atom. The van der Waals surface area contributed by atoms with Crippen LogP contribution in [0.25, 0.3) is 11.0 Å². The maximum Gasteiger partial charge on any atom is 0.290 e. The number of carbonyl (C=O) groups is 2. The van der Waals surface area contributed by atoms with Crippen molar-refractivity contribution >= 4 is 22.7 Å². The number of ether oxygens (including phenoxy) is 2. The van der Waals surface area contributed by atoms with Gasteiger partial charge in [0.1, 0.15) is 11.3 Å². The van der Waals surface area contributed by atoms with Gasteiger partial charge in [-0.1, -0.05) is 30.3 Å². The predicted molar refractivity (Wildman–Crippen MR) is 125 cm³/mol. The van der Waals surface area contributed by atoms with Gasteiger partial charge in [0.2, 0.25) is 5.78 Å². The van der Waals surface area contributed by atoms with Crippen molar-refractivity contribution in [2.24, 2.45) is 0 Å². The fourth-order valence-electron chi connectivity index (χ4n) is 4.55. The van der Waals surface area contributed by atoms with Crippen molar-refractivity contribution in [1.29, 1.82) is 0 Å². The number of carbonyl (C=O) groups excluding carboxylic acids is 2. The molecule has 0 unspecified atom stereocenters. The highest BCUT2D eigenvalue weighted by Crippen LogP contribution is 2.40. The van der Waals surface area contributed by atoms with E-state index in [0.29, 0.717) is 43.2 Å². The summed E-state index contributed by atoms with van der Waals surface area (Å²) in [4.78, 5) is 30.5. The monoisotopic (exact) mass is 462 g/mol. The van der Waals surface area contributed by atoms with Crippen LogP contribution in [0.15, 0.2) is 70.3 Å². The van der Waals surface area contributed by atoms with Gasteiger partial charge in [-0.3, -0.25) is 14.5 Å². The Hall–Kier alpha value is -3.62. The van der Waals surface area contributed by atoms with Gasteiger partial charge in [-0.25, -0.2) is 0 Å². The summed E-state index contributed by atoms with van der Waals surface area (Å²) in [6, 6.07) is 15.4. The first-order valence-corrected chi connectivity index (χ1v) is 11.3. The lowest BCUT2D eigenvalue weighted by Gasteiger charge is -2.31. The number of Topliss-reactive ketones (excluding diaryl/α,β-unsaturated/α-hetero) is 1. The third-order valence-corrected chi connectivity index (χ3v) is 6.39. The SMILES string of the molecule is COc1ccc([C@H]2C(C(=O)c3cc4ccccc4o3)=C(O)C(=O)N2CCN2CCOCC2)cc1. The molecule has 5 rings (SSSR count). The number of rotatable bonds is 7. The molecule has 0 bridgehead atoms. The number of amides is 1. The van der Waals surface area contributed by atoms with Gasteiger partial charge in [0.15, 0.2) is 11.5 Å². The topological polar surface area (TPSA) is 92.5 Å². The fourth-order valence-corrected chi connectivity index (χ4v) is 4.55. The molecule has 1 atom stereocenters. The number of para-hydroxylation sites is 1. The van der Waals surface area contributed by atoms with E-state index in [0.717, 1.165) is 18.5 Å². The number of ketones is 1. The van der Waals surface area contributed by atoms with Crippen LogP contribution in [-0.4, -0.2) is 73.1 Å². The Morgan fingerprint density at radius 2 is 1.82 bits per heavy atom. The number of fused-ring (bicyclic) bond motifs is 1. The van der Waals surface area contributed by atoms with E-state index in [1.54, 1.807) is 36.3 Å². The second kappa shape index (κ2) is 9.32. The molecular formula is C26H26N2O6. The minimum atomic E-state index is -0.736. The largest absolute Gasteiger partial charge is 0.503 e. The number of morpholine rings is 1. The first kappa shape index (κ1) is 22.2. The average molecular weight is 463 g/mol. The summed E-state index contributed by atoms with van der Waals surface area (Å²) in [5.74, 6) is -0.853. The summed E-state index contributed by atoms with van der Waals surface area (Å²) in [5.41, 5.74) is 1.30. The first-order valence-electron chi connectivity index (χ1n) is 11.3. The van der Waals surface area contributed by atoms with Crippen molar-refractivity contribution in [2.75, 3.05) is 46.5 Å². The lowest BCUT2D eigenvalue weighted by atomic mass is 9.95. The van der Waals surface area contributed by atoms with Crippen molar-refractivity contribution in [1.82, 2.24) is 9.80 Å². The number of aliphatic hydroxyl groups excluding tert-OH is 1. The summed E-state index contributed by atoms with van der Waals surface area (Å²) in [6.07, 6.45) is 0. The molecular weight excluding hydrogens is 436 g/mol. The van der Waals surface area contributed by atoms with Gasteiger partial charge in [0.25, 0.3) is 5.91 Å². The third kappa shape index (κ3) is 4.06. The summed E-state index contributed by atoms with van der Waals surface area (Å²) in [5, 5.41) is 11.6. The smallest absolute Gasteiger partial charge is 0.290 e. The highest BCUT2D eigenvalue weighted by Gasteiger charge is 2.44. The Kier molecular flexibility index (Phi) is 6.08. The van der Waals surface area contributed by atoms with E-state index in [4.69, 9.17) is 13.9 Å². The summed E-state index contributed by atoms with van der Waals surface area (Å²) < 4.78 is 16.4. The fraction of sp³-hybridized carbons (Fsp3) is 0.308. The van der Waals surface area contributed by atoms with Crippen molar-refractivity contribution in [3.63, 3.8) is 0 Å². The number of methoxy groups -OCH3 is 1. The molecule has 0 radical (unpaired) electrons. The first-order chi connectivity index (χ1) is 16.6. The maximum absolute atomic E-state index is 13.6. The minimum Gasteiger partial charge on any atom is -0.503 e. The van der Waals surface area contributed by atoms with E-state index in [2.05, 4.69) is 4.90 Å². The number of furan rings is 1. The summed E-state index contributed by atoms with van der Waals surface area (Å²) in [6.45, 7) is 3.82. The number of nitrogens with zero attached hydrogens (tertiary/aromatic N) is 2. The lowest BCUT2D eigenvalue weighted by molar-refractivity contribution is -0.129. The molecule has 0 aliphatic carbocycles. The van der Waals surface area contributed by atoms with Crippen LogP contribution in [-0.2, 0) is 9.53 Å². The van der Waals surface area contributed by atoms with Gasteiger partial charge in [0, 0.05) is 31.6 Å². The average Bonchev–Trinajstić information content (AvgIpc) is 3.42. The zero-order chi connectivity index (χ0) is 23.7. The minimum absolute atomic E-state index is 0.0243.